The predicted octanol–water partition coefficient (Wildman–Crippen LogP) is 1.37. The summed E-state index contributed by atoms with van der Waals surface area (Å²) in [6.07, 6.45) is -1.93. The van der Waals surface area contributed by atoms with Gasteiger partial charge in [0.1, 0.15) is 0 Å². The SMILES string of the molecule is CNC(C)(CO)CCN(CC(F)(F)F)C1CC1. The van der Waals surface area contributed by atoms with Gasteiger partial charge in [0.15, 0.2) is 0 Å². The van der Waals surface area contributed by atoms with Crippen LogP contribution in [-0.2, 0) is 0 Å². The Hall–Kier alpha value is -0.330. The van der Waals surface area contributed by atoms with Crippen LogP contribution in [0.1, 0.15) is 26.2 Å². The van der Waals surface area contributed by atoms with Gasteiger partial charge in [0.2, 0.25) is 0 Å². The lowest BCUT2D eigenvalue weighted by molar-refractivity contribution is -0.147. The summed E-state index contributed by atoms with van der Waals surface area (Å²) in [6.45, 7) is 1.25. The van der Waals surface area contributed by atoms with Crippen molar-refractivity contribution in [3.8, 4) is 0 Å². The molecule has 3 nitrogen and oxygen atoms in total. The van der Waals surface area contributed by atoms with E-state index in [0.29, 0.717) is 13.0 Å². The van der Waals surface area contributed by atoms with E-state index in [1.807, 2.05) is 6.92 Å². The maximum absolute atomic E-state index is 12.4. The smallest absolute Gasteiger partial charge is 0.394 e. The minimum Gasteiger partial charge on any atom is -0.394 e. The quantitative estimate of drug-likeness (QED) is 0.720. The molecule has 0 aromatic heterocycles. The molecule has 2 N–H and O–H groups in total. The lowest BCUT2D eigenvalue weighted by Gasteiger charge is -2.31. The number of hydrogen-bond donors (Lipinski definition) is 2. The summed E-state index contributed by atoms with van der Waals surface area (Å²) in [5.74, 6) is 0. The summed E-state index contributed by atoms with van der Waals surface area (Å²) in [5, 5.41) is 12.1. The van der Waals surface area contributed by atoms with Gasteiger partial charge in [-0.25, -0.2) is 0 Å². The molecule has 0 amide bonds. The van der Waals surface area contributed by atoms with Gasteiger partial charge in [-0.05, 0) is 33.2 Å². The Morgan fingerprint density at radius 2 is 1.94 bits per heavy atom. The van der Waals surface area contributed by atoms with Gasteiger partial charge in [0.05, 0.1) is 13.2 Å². The van der Waals surface area contributed by atoms with Gasteiger partial charge >= 0.3 is 6.18 Å². The van der Waals surface area contributed by atoms with Crippen molar-refractivity contribution < 1.29 is 18.3 Å². The molecule has 6 heteroatoms. The summed E-state index contributed by atoms with van der Waals surface area (Å²) in [5.41, 5.74) is -0.501. The topological polar surface area (TPSA) is 35.5 Å². The highest BCUT2D eigenvalue weighted by Crippen LogP contribution is 2.30. The van der Waals surface area contributed by atoms with Crippen LogP contribution >= 0.6 is 0 Å². The fraction of sp³-hybridized carbons (Fsp3) is 1.00. The molecule has 1 saturated carbocycles. The van der Waals surface area contributed by atoms with Crippen LogP contribution in [0.15, 0.2) is 0 Å². The van der Waals surface area contributed by atoms with Gasteiger partial charge < -0.3 is 10.4 Å². The molecule has 1 rings (SSSR count). The zero-order chi connectivity index (χ0) is 13.1. The van der Waals surface area contributed by atoms with Gasteiger partial charge in [-0.1, -0.05) is 0 Å². The number of aliphatic hydroxyl groups is 1. The molecule has 102 valence electrons. The van der Waals surface area contributed by atoms with Crippen LogP contribution in [0.4, 0.5) is 13.2 Å². The summed E-state index contributed by atoms with van der Waals surface area (Å²) >= 11 is 0. The van der Waals surface area contributed by atoms with Gasteiger partial charge in [0, 0.05) is 18.1 Å². The molecule has 0 heterocycles. The molecule has 1 aliphatic rings. The monoisotopic (exact) mass is 254 g/mol. The highest BCUT2D eigenvalue weighted by molar-refractivity contribution is 4.89. The Balaban J connectivity index is 2.45. The van der Waals surface area contributed by atoms with Crippen molar-refractivity contribution in [1.82, 2.24) is 10.2 Å². The number of hydrogen-bond acceptors (Lipinski definition) is 3. The molecule has 1 fully saturated rings. The van der Waals surface area contributed by atoms with E-state index in [-0.39, 0.29) is 12.6 Å². The van der Waals surface area contributed by atoms with Crippen molar-refractivity contribution in [2.45, 2.75) is 43.9 Å². The van der Waals surface area contributed by atoms with Crippen molar-refractivity contribution in [3.63, 3.8) is 0 Å². The molecule has 1 aliphatic carbocycles. The molecular weight excluding hydrogens is 233 g/mol. The van der Waals surface area contributed by atoms with E-state index in [1.165, 1.54) is 4.90 Å². The van der Waals surface area contributed by atoms with Crippen molar-refractivity contribution >= 4 is 0 Å². The highest BCUT2D eigenvalue weighted by atomic mass is 19.4. The number of halogens is 3. The molecule has 0 bridgehead atoms. The first kappa shape index (κ1) is 14.7. The number of rotatable bonds is 7. The van der Waals surface area contributed by atoms with E-state index in [2.05, 4.69) is 5.32 Å². The van der Waals surface area contributed by atoms with Gasteiger partial charge in [-0.2, -0.15) is 13.2 Å². The summed E-state index contributed by atoms with van der Waals surface area (Å²) in [6, 6.07) is 0.0800. The Morgan fingerprint density at radius 3 is 2.29 bits per heavy atom. The number of nitrogens with one attached hydrogen (secondary N) is 1. The molecule has 0 spiro atoms. The minimum absolute atomic E-state index is 0.0754. The lowest BCUT2D eigenvalue weighted by Crippen LogP contribution is -2.47. The molecule has 0 aliphatic heterocycles. The van der Waals surface area contributed by atoms with E-state index >= 15 is 0 Å². The van der Waals surface area contributed by atoms with Crippen LogP contribution in [0, 0.1) is 0 Å². The molecule has 1 atom stereocenters. The van der Waals surface area contributed by atoms with Crippen LogP contribution < -0.4 is 5.32 Å². The molecule has 0 radical (unpaired) electrons. The first-order valence-corrected chi connectivity index (χ1v) is 5.90. The largest absolute Gasteiger partial charge is 0.401 e. The van der Waals surface area contributed by atoms with E-state index in [0.717, 1.165) is 12.8 Å². The molecule has 0 saturated heterocycles. The number of aliphatic hydroxyl groups excluding tert-OH is 1. The van der Waals surface area contributed by atoms with Crippen LogP contribution in [0.3, 0.4) is 0 Å². The van der Waals surface area contributed by atoms with Crippen LogP contribution in [0.5, 0.6) is 0 Å². The van der Waals surface area contributed by atoms with E-state index in [1.54, 1.807) is 7.05 Å². The third-order valence-electron chi connectivity index (χ3n) is 3.35. The summed E-state index contributed by atoms with van der Waals surface area (Å²) in [4.78, 5) is 1.48. The minimum atomic E-state index is -4.14. The van der Waals surface area contributed by atoms with Gasteiger partial charge in [-0.3, -0.25) is 4.90 Å². The molecule has 0 aromatic rings. The number of alkyl halides is 3. The van der Waals surface area contributed by atoms with Crippen LogP contribution in [-0.4, -0.2) is 54.5 Å². The van der Waals surface area contributed by atoms with Crippen molar-refractivity contribution in [2.24, 2.45) is 0 Å². The lowest BCUT2D eigenvalue weighted by atomic mass is 9.99. The third-order valence-corrected chi connectivity index (χ3v) is 3.35. The van der Waals surface area contributed by atoms with Crippen LogP contribution in [0.2, 0.25) is 0 Å². The van der Waals surface area contributed by atoms with E-state index in [9.17, 15) is 18.3 Å². The maximum Gasteiger partial charge on any atom is 0.401 e. The molecule has 17 heavy (non-hydrogen) atoms. The first-order valence-electron chi connectivity index (χ1n) is 5.90. The van der Waals surface area contributed by atoms with Crippen molar-refractivity contribution in [3.05, 3.63) is 0 Å². The fourth-order valence-electron chi connectivity index (χ4n) is 1.73. The summed E-state index contributed by atoms with van der Waals surface area (Å²) < 4.78 is 37.1. The third kappa shape index (κ3) is 5.23. The van der Waals surface area contributed by atoms with Crippen LogP contribution in [0.25, 0.3) is 0 Å². The zero-order valence-corrected chi connectivity index (χ0v) is 10.3. The Bertz CT molecular complexity index is 237. The predicted molar refractivity (Wildman–Crippen MR) is 59.8 cm³/mol. The summed E-state index contributed by atoms with van der Waals surface area (Å²) in [7, 11) is 1.71. The second-order valence-electron chi connectivity index (χ2n) is 5.04. The first-order chi connectivity index (χ1) is 7.79. The number of nitrogens with zero attached hydrogens (tertiary/aromatic N) is 1. The van der Waals surface area contributed by atoms with Gasteiger partial charge in [0.25, 0.3) is 0 Å². The molecule has 1 unspecified atom stereocenters. The zero-order valence-electron chi connectivity index (χ0n) is 10.3. The second-order valence-corrected chi connectivity index (χ2v) is 5.04. The maximum atomic E-state index is 12.4. The molecule has 0 aromatic carbocycles. The Labute approximate surface area is 100.0 Å². The van der Waals surface area contributed by atoms with E-state index in [4.69, 9.17) is 0 Å². The Kier molecular flexibility index (Phi) is 4.80. The highest BCUT2D eigenvalue weighted by Gasteiger charge is 2.38. The van der Waals surface area contributed by atoms with E-state index < -0.39 is 18.3 Å². The van der Waals surface area contributed by atoms with Crippen molar-refractivity contribution in [1.29, 1.82) is 0 Å². The standard InChI is InChI=1S/C11H21F3N2O/c1-10(8-17,15-2)5-6-16(9-3-4-9)7-11(12,13)14/h9,15,17H,3-8H2,1-2H3. The fourth-order valence-corrected chi connectivity index (χ4v) is 1.73. The van der Waals surface area contributed by atoms with Crippen molar-refractivity contribution in [2.75, 3.05) is 26.7 Å². The second kappa shape index (κ2) is 5.54. The number of likely N-dealkylation sites (N-methyl/N-ethyl adjacent to an activating group) is 1. The normalized spacial score (nSPS) is 20.6. The molecular formula is C11H21F3N2O. The van der Waals surface area contributed by atoms with Gasteiger partial charge in [-0.15, -0.1) is 0 Å². The average molecular weight is 254 g/mol. The Morgan fingerprint density at radius 1 is 1.35 bits per heavy atom. The average Bonchev–Trinajstić information content (AvgIpc) is 3.06.